The van der Waals surface area contributed by atoms with Crippen LogP contribution in [0, 0.1) is 0 Å². The number of piperazine rings is 1. The Morgan fingerprint density at radius 3 is 2.28 bits per heavy atom. The maximum Gasteiger partial charge on any atom is 0.573 e. The Labute approximate surface area is 183 Å². The zero-order valence-corrected chi connectivity index (χ0v) is 18.0. The van der Waals surface area contributed by atoms with Gasteiger partial charge >= 0.3 is 6.36 Å². The monoisotopic (exact) mass is 479 g/mol. The van der Waals surface area contributed by atoms with Crippen molar-refractivity contribution in [1.82, 2.24) is 14.5 Å². The summed E-state index contributed by atoms with van der Waals surface area (Å²) in [6.07, 6.45) is -3.80. The highest BCUT2D eigenvalue weighted by Crippen LogP contribution is 2.24. The summed E-state index contributed by atoms with van der Waals surface area (Å²) in [6.45, 7) is 1.90. The molecule has 2 amide bonds. The van der Waals surface area contributed by atoms with E-state index in [1.807, 2.05) is 0 Å². The molecule has 3 rings (SSSR count). The third-order valence-corrected chi connectivity index (χ3v) is 6.62. The van der Waals surface area contributed by atoms with Crippen molar-refractivity contribution < 1.29 is 40.7 Å². The Kier molecular flexibility index (Phi) is 7.62. The van der Waals surface area contributed by atoms with Crippen molar-refractivity contribution in [1.29, 1.82) is 0 Å². The molecule has 0 aliphatic carbocycles. The van der Waals surface area contributed by atoms with Gasteiger partial charge in [0, 0.05) is 45.8 Å². The van der Waals surface area contributed by atoms with E-state index in [2.05, 4.69) is 9.46 Å². The number of ether oxygens (including phenoxy) is 2. The van der Waals surface area contributed by atoms with Gasteiger partial charge in [-0.2, -0.15) is 0 Å². The number of halogens is 3. The third-order valence-electron chi connectivity index (χ3n) is 5.15. The second-order valence-electron chi connectivity index (χ2n) is 7.37. The van der Waals surface area contributed by atoms with Crippen LogP contribution in [0.3, 0.4) is 0 Å². The van der Waals surface area contributed by atoms with Crippen molar-refractivity contribution in [3.8, 4) is 5.75 Å². The number of nitrogens with one attached hydrogen (secondary N) is 1. The van der Waals surface area contributed by atoms with Gasteiger partial charge < -0.3 is 19.3 Å². The molecule has 1 aromatic rings. The topological polar surface area (TPSA) is 105 Å². The quantitative estimate of drug-likeness (QED) is 0.628. The first-order chi connectivity index (χ1) is 15.0. The molecule has 0 radical (unpaired) electrons. The number of hydrogen-bond donors (Lipinski definition) is 1. The lowest BCUT2D eigenvalue weighted by molar-refractivity contribution is -0.274. The van der Waals surface area contributed by atoms with Crippen LogP contribution in [0.5, 0.6) is 5.75 Å². The summed E-state index contributed by atoms with van der Waals surface area (Å²) in [5.74, 6) is -0.858. The molecular weight excluding hydrogens is 455 g/mol. The van der Waals surface area contributed by atoms with E-state index in [1.165, 1.54) is 0 Å². The number of amides is 2. The smallest absolute Gasteiger partial charge is 0.406 e. The minimum absolute atomic E-state index is 0.0611. The summed E-state index contributed by atoms with van der Waals surface area (Å²) in [6, 6.07) is 3.75. The lowest BCUT2D eigenvalue weighted by atomic mass is 10.2. The Morgan fingerprint density at radius 2 is 1.72 bits per heavy atom. The largest absolute Gasteiger partial charge is 0.573 e. The molecule has 2 aliphatic heterocycles. The molecule has 0 bridgehead atoms. The van der Waals surface area contributed by atoms with Gasteiger partial charge in [-0.3, -0.25) is 9.59 Å². The summed E-state index contributed by atoms with van der Waals surface area (Å²) in [7, 11) is -4.00. The van der Waals surface area contributed by atoms with Gasteiger partial charge in [0.2, 0.25) is 15.9 Å². The molecule has 178 valence electrons. The van der Waals surface area contributed by atoms with Crippen molar-refractivity contribution in [3.05, 3.63) is 24.3 Å². The van der Waals surface area contributed by atoms with E-state index in [1.54, 1.807) is 9.80 Å². The molecule has 9 nitrogen and oxygen atoms in total. The van der Waals surface area contributed by atoms with Gasteiger partial charge in [-0.25, -0.2) is 13.1 Å². The van der Waals surface area contributed by atoms with E-state index >= 15 is 0 Å². The van der Waals surface area contributed by atoms with Gasteiger partial charge in [0.1, 0.15) is 11.9 Å². The highest BCUT2D eigenvalue weighted by atomic mass is 32.2. The van der Waals surface area contributed by atoms with E-state index in [0.29, 0.717) is 39.2 Å². The normalized spacial score (nSPS) is 19.8. The number of benzene rings is 1. The highest BCUT2D eigenvalue weighted by molar-refractivity contribution is 7.89. The van der Waals surface area contributed by atoms with Gasteiger partial charge in [-0.05, 0) is 37.1 Å². The Hall–Kier alpha value is -2.38. The standard InChI is InChI=1S/C19H24F3N3O6S/c20-19(21,22)31-14-3-5-15(6-4-14)32(28,29)23-8-7-17(26)24-9-11-25(12-10-24)18(27)16-2-1-13-30-16/h3-6,16,23H,1-2,7-13H2. The van der Waals surface area contributed by atoms with Gasteiger partial charge in [0.05, 0.1) is 4.90 Å². The summed E-state index contributed by atoms with van der Waals surface area (Å²) in [4.78, 5) is 27.7. The fourth-order valence-electron chi connectivity index (χ4n) is 3.51. The van der Waals surface area contributed by atoms with E-state index in [-0.39, 0.29) is 29.7 Å². The van der Waals surface area contributed by atoms with E-state index < -0.39 is 28.2 Å². The van der Waals surface area contributed by atoms with E-state index in [9.17, 15) is 31.2 Å². The molecule has 0 spiro atoms. The van der Waals surface area contributed by atoms with Crippen molar-refractivity contribution in [2.75, 3.05) is 39.3 Å². The molecule has 1 atom stereocenters. The molecule has 0 aromatic heterocycles. The summed E-state index contributed by atoms with van der Waals surface area (Å²) < 4.78 is 72.5. The lowest BCUT2D eigenvalue weighted by Gasteiger charge is -2.35. The maximum absolute atomic E-state index is 12.4. The van der Waals surface area contributed by atoms with Crippen LogP contribution in [-0.4, -0.2) is 81.8 Å². The lowest BCUT2D eigenvalue weighted by Crippen LogP contribution is -2.53. The van der Waals surface area contributed by atoms with Crippen molar-refractivity contribution in [2.45, 2.75) is 36.6 Å². The van der Waals surface area contributed by atoms with Crippen LogP contribution in [0.2, 0.25) is 0 Å². The van der Waals surface area contributed by atoms with Gasteiger partial charge in [0.15, 0.2) is 0 Å². The predicted octanol–water partition coefficient (Wildman–Crippen LogP) is 1.10. The van der Waals surface area contributed by atoms with Crippen LogP contribution in [-0.2, 0) is 24.3 Å². The summed E-state index contributed by atoms with van der Waals surface area (Å²) >= 11 is 0. The SMILES string of the molecule is O=C(CCNS(=O)(=O)c1ccc(OC(F)(F)F)cc1)N1CCN(C(=O)C2CCCO2)CC1. The molecule has 1 unspecified atom stereocenters. The van der Waals surface area contributed by atoms with Crippen molar-refractivity contribution >= 4 is 21.8 Å². The molecule has 32 heavy (non-hydrogen) atoms. The van der Waals surface area contributed by atoms with Crippen molar-refractivity contribution in [3.63, 3.8) is 0 Å². The Bertz CT molecular complexity index is 909. The predicted molar refractivity (Wildman–Crippen MR) is 105 cm³/mol. The minimum atomic E-state index is -4.87. The fourth-order valence-corrected chi connectivity index (χ4v) is 4.54. The van der Waals surface area contributed by atoms with E-state index in [0.717, 1.165) is 30.7 Å². The number of carbonyl (C=O) groups is 2. The Morgan fingerprint density at radius 1 is 1.09 bits per heavy atom. The van der Waals surface area contributed by atoms with Gasteiger partial charge in [0.25, 0.3) is 5.91 Å². The first kappa shape index (κ1) is 24.3. The number of carbonyl (C=O) groups excluding carboxylic acids is 2. The first-order valence-corrected chi connectivity index (χ1v) is 11.6. The number of sulfonamides is 1. The van der Waals surface area contributed by atoms with Crippen LogP contribution in [0.4, 0.5) is 13.2 Å². The van der Waals surface area contributed by atoms with Crippen molar-refractivity contribution in [2.24, 2.45) is 0 Å². The molecule has 2 fully saturated rings. The van der Waals surface area contributed by atoms with E-state index in [4.69, 9.17) is 4.74 Å². The molecule has 0 saturated carbocycles. The number of rotatable bonds is 7. The van der Waals surface area contributed by atoms with Gasteiger partial charge in [-0.15, -0.1) is 13.2 Å². The summed E-state index contributed by atoms with van der Waals surface area (Å²) in [5.41, 5.74) is 0. The number of nitrogens with zero attached hydrogens (tertiary/aromatic N) is 2. The average Bonchev–Trinajstić information content (AvgIpc) is 3.27. The molecule has 1 aromatic carbocycles. The highest BCUT2D eigenvalue weighted by Gasteiger charge is 2.32. The fraction of sp³-hybridized carbons (Fsp3) is 0.579. The van der Waals surface area contributed by atoms with Crippen LogP contribution in [0.1, 0.15) is 19.3 Å². The van der Waals surface area contributed by atoms with Crippen LogP contribution in [0.15, 0.2) is 29.2 Å². The molecule has 1 N–H and O–H groups in total. The summed E-state index contributed by atoms with van der Waals surface area (Å²) in [5, 5.41) is 0. The van der Waals surface area contributed by atoms with Gasteiger partial charge in [-0.1, -0.05) is 0 Å². The molecule has 2 aliphatic rings. The third kappa shape index (κ3) is 6.56. The minimum Gasteiger partial charge on any atom is -0.406 e. The zero-order chi connectivity index (χ0) is 23.4. The number of hydrogen-bond acceptors (Lipinski definition) is 6. The van der Waals surface area contributed by atoms with Crippen LogP contribution >= 0.6 is 0 Å². The average molecular weight is 479 g/mol. The molecule has 2 heterocycles. The molecule has 13 heteroatoms. The van der Waals surface area contributed by atoms with Crippen LogP contribution in [0.25, 0.3) is 0 Å². The maximum atomic E-state index is 12.4. The second-order valence-corrected chi connectivity index (χ2v) is 9.14. The zero-order valence-electron chi connectivity index (χ0n) is 17.1. The van der Waals surface area contributed by atoms with Crippen LogP contribution < -0.4 is 9.46 Å². The molecular formula is C19H24F3N3O6S. The first-order valence-electron chi connectivity index (χ1n) is 10.1. The molecule has 2 saturated heterocycles. The Balaban J connectivity index is 1.42. The number of alkyl halides is 3. The second kappa shape index (κ2) is 10.0.